The number of methoxy groups -OCH3 is 1. The van der Waals surface area contributed by atoms with E-state index in [0.717, 1.165) is 22.3 Å². The summed E-state index contributed by atoms with van der Waals surface area (Å²) in [6, 6.07) is 11.8. The molecule has 0 aliphatic rings. The summed E-state index contributed by atoms with van der Waals surface area (Å²) < 4.78 is 35.8. The second-order valence-corrected chi connectivity index (χ2v) is 7.52. The first-order valence-corrected chi connectivity index (χ1v) is 10.3. The van der Waals surface area contributed by atoms with E-state index in [1.165, 1.54) is 18.0 Å². The van der Waals surface area contributed by atoms with E-state index < -0.39 is 35.3 Å². The molecule has 0 bridgehead atoms. The molecule has 11 heteroatoms. The number of rotatable bonds is 8. The van der Waals surface area contributed by atoms with Crippen molar-refractivity contribution in [2.75, 3.05) is 19.0 Å². The third kappa shape index (κ3) is 4.64. The van der Waals surface area contributed by atoms with Crippen LogP contribution >= 0.6 is 0 Å². The van der Waals surface area contributed by atoms with E-state index in [4.69, 9.17) is 4.74 Å². The minimum Gasteiger partial charge on any atom is -0.383 e. The van der Waals surface area contributed by atoms with Gasteiger partial charge in [-0.15, -0.1) is 0 Å². The van der Waals surface area contributed by atoms with Crippen molar-refractivity contribution in [2.45, 2.75) is 19.6 Å². The topological polar surface area (TPSA) is 100 Å². The molecule has 4 rings (SSSR count). The van der Waals surface area contributed by atoms with Crippen LogP contribution in [-0.4, -0.2) is 38.3 Å². The molecule has 176 valence electrons. The van der Waals surface area contributed by atoms with Crippen molar-refractivity contribution in [3.8, 4) is 0 Å². The lowest BCUT2D eigenvalue weighted by Gasteiger charge is -2.13. The Morgan fingerprint density at radius 3 is 2.56 bits per heavy atom. The quantitative estimate of drug-likeness (QED) is 0.425. The Balaban J connectivity index is 1.77. The number of imidazole rings is 1. The van der Waals surface area contributed by atoms with E-state index in [2.05, 4.69) is 10.3 Å². The monoisotopic (exact) mass is 469 g/mol. The van der Waals surface area contributed by atoms with Crippen molar-refractivity contribution < 1.29 is 18.3 Å². The predicted molar refractivity (Wildman–Crippen MR) is 121 cm³/mol. The number of carbonyl (C=O) groups is 1. The van der Waals surface area contributed by atoms with Crippen molar-refractivity contribution >= 4 is 22.8 Å². The lowest BCUT2D eigenvalue weighted by Crippen LogP contribution is -2.43. The Labute approximate surface area is 191 Å². The fraction of sp³-hybridized carbons (Fsp3) is 0.217. The number of hydrogen-bond acceptors (Lipinski definition) is 5. The van der Waals surface area contributed by atoms with Gasteiger partial charge in [-0.05, 0) is 17.7 Å². The molecule has 0 saturated heterocycles. The van der Waals surface area contributed by atoms with E-state index in [1.54, 1.807) is 4.57 Å². The highest BCUT2D eigenvalue weighted by Gasteiger charge is 2.20. The number of ether oxygens (including phenoxy) is 1. The Kier molecular flexibility index (Phi) is 6.64. The molecule has 2 aromatic carbocycles. The molecule has 1 amide bonds. The van der Waals surface area contributed by atoms with Crippen LogP contribution < -0.4 is 16.6 Å². The standard InChI is InChI=1S/C23H21F2N5O4/c1-34-10-9-28-14-26-21-20(28)22(32)30(23(33)29(21)12-15-5-3-2-4-6-15)13-19(31)27-18-8-7-16(24)11-17(18)25/h2-8,11,14H,9-10,12-13H2,1H3,(H,27,31). The average Bonchev–Trinajstić information content (AvgIpc) is 3.24. The molecule has 0 spiro atoms. The van der Waals surface area contributed by atoms with Gasteiger partial charge in [-0.1, -0.05) is 30.3 Å². The zero-order chi connectivity index (χ0) is 24.2. The molecule has 1 N–H and O–H groups in total. The van der Waals surface area contributed by atoms with Crippen molar-refractivity contribution in [2.24, 2.45) is 0 Å². The summed E-state index contributed by atoms with van der Waals surface area (Å²) in [5.74, 6) is -2.60. The van der Waals surface area contributed by atoms with Crippen LogP contribution in [0.3, 0.4) is 0 Å². The lowest BCUT2D eigenvalue weighted by atomic mass is 10.2. The van der Waals surface area contributed by atoms with Crippen LogP contribution in [-0.2, 0) is 29.2 Å². The van der Waals surface area contributed by atoms with E-state index in [-0.39, 0.29) is 23.4 Å². The summed E-state index contributed by atoms with van der Waals surface area (Å²) in [5.41, 5.74) is -0.624. The van der Waals surface area contributed by atoms with E-state index in [1.807, 2.05) is 30.3 Å². The Bertz CT molecular complexity index is 1460. The number of anilines is 1. The summed E-state index contributed by atoms with van der Waals surface area (Å²) in [5, 5.41) is 2.27. The normalized spacial score (nSPS) is 11.1. The number of fused-ring (bicyclic) bond motifs is 1. The maximum absolute atomic E-state index is 13.9. The van der Waals surface area contributed by atoms with Gasteiger partial charge in [0, 0.05) is 19.7 Å². The van der Waals surface area contributed by atoms with E-state index in [9.17, 15) is 23.2 Å². The molecule has 0 aliphatic heterocycles. The van der Waals surface area contributed by atoms with Gasteiger partial charge >= 0.3 is 5.69 Å². The third-order valence-electron chi connectivity index (χ3n) is 5.21. The smallest absolute Gasteiger partial charge is 0.333 e. The molecule has 0 radical (unpaired) electrons. The van der Waals surface area contributed by atoms with Crippen LogP contribution in [0.1, 0.15) is 5.56 Å². The maximum atomic E-state index is 13.9. The number of nitrogens with zero attached hydrogens (tertiary/aromatic N) is 4. The van der Waals surface area contributed by atoms with Crippen LogP contribution in [0.5, 0.6) is 0 Å². The fourth-order valence-corrected chi connectivity index (χ4v) is 3.57. The van der Waals surface area contributed by atoms with E-state index in [0.29, 0.717) is 19.2 Å². The van der Waals surface area contributed by atoms with Gasteiger partial charge in [-0.3, -0.25) is 14.2 Å². The highest BCUT2D eigenvalue weighted by atomic mass is 19.1. The van der Waals surface area contributed by atoms with Crippen molar-refractivity contribution in [1.29, 1.82) is 0 Å². The molecule has 4 aromatic rings. The second kappa shape index (κ2) is 9.79. The first kappa shape index (κ1) is 23.1. The van der Waals surface area contributed by atoms with Gasteiger partial charge in [0.15, 0.2) is 11.2 Å². The van der Waals surface area contributed by atoms with Crippen LogP contribution in [0.2, 0.25) is 0 Å². The Morgan fingerprint density at radius 1 is 1.09 bits per heavy atom. The van der Waals surface area contributed by atoms with Crippen LogP contribution in [0, 0.1) is 11.6 Å². The largest absolute Gasteiger partial charge is 0.383 e. The van der Waals surface area contributed by atoms with Crippen molar-refractivity contribution in [1.82, 2.24) is 18.7 Å². The summed E-state index contributed by atoms with van der Waals surface area (Å²) in [6.45, 7) is 0.0480. The number of amides is 1. The van der Waals surface area contributed by atoms with Gasteiger partial charge in [0.2, 0.25) is 5.91 Å². The van der Waals surface area contributed by atoms with Crippen LogP contribution in [0.25, 0.3) is 11.2 Å². The molecule has 2 aromatic heterocycles. The zero-order valence-electron chi connectivity index (χ0n) is 18.2. The number of halogens is 2. The molecule has 2 heterocycles. The maximum Gasteiger partial charge on any atom is 0.333 e. The third-order valence-corrected chi connectivity index (χ3v) is 5.21. The van der Waals surface area contributed by atoms with Crippen LogP contribution in [0.15, 0.2) is 64.4 Å². The number of hydrogen-bond donors (Lipinski definition) is 1. The van der Waals surface area contributed by atoms with Gasteiger partial charge in [-0.2, -0.15) is 0 Å². The summed E-state index contributed by atoms with van der Waals surface area (Å²) >= 11 is 0. The predicted octanol–water partition coefficient (Wildman–Crippen LogP) is 1.97. The first-order valence-electron chi connectivity index (χ1n) is 10.3. The fourth-order valence-electron chi connectivity index (χ4n) is 3.57. The van der Waals surface area contributed by atoms with Gasteiger partial charge in [0.25, 0.3) is 5.56 Å². The molecule has 0 unspecified atom stereocenters. The average molecular weight is 469 g/mol. The lowest BCUT2D eigenvalue weighted by molar-refractivity contribution is -0.116. The molecular weight excluding hydrogens is 448 g/mol. The minimum absolute atomic E-state index is 0.117. The number of aromatic nitrogens is 4. The SMILES string of the molecule is COCCn1cnc2c1c(=O)n(CC(=O)Nc1ccc(F)cc1F)c(=O)n2Cc1ccccc1. The molecule has 0 atom stereocenters. The zero-order valence-corrected chi connectivity index (χ0v) is 18.2. The summed E-state index contributed by atoms with van der Waals surface area (Å²) in [7, 11) is 1.52. The molecule has 0 saturated carbocycles. The molecule has 0 aliphatic carbocycles. The second-order valence-electron chi connectivity index (χ2n) is 7.52. The number of benzene rings is 2. The van der Waals surface area contributed by atoms with Crippen molar-refractivity contribution in [3.05, 3.63) is 92.9 Å². The van der Waals surface area contributed by atoms with Crippen LogP contribution in [0.4, 0.5) is 14.5 Å². The van der Waals surface area contributed by atoms with Gasteiger partial charge in [0.05, 0.1) is 25.2 Å². The van der Waals surface area contributed by atoms with Gasteiger partial charge in [-0.25, -0.2) is 23.1 Å². The summed E-state index contributed by atoms with van der Waals surface area (Å²) in [4.78, 5) is 43.4. The van der Waals surface area contributed by atoms with Gasteiger partial charge in [0.1, 0.15) is 18.2 Å². The molecular formula is C23H21F2N5O4. The highest BCUT2D eigenvalue weighted by molar-refractivity contribution is 5.90. The number of carbonyl (C=O) groups excluding carboxylic acids is 1. The van der Waals surface area contributed by atoms with Crippen molar-refractivity contribution in [3.63, 3.8) is 0 Å². The van der Waals surface area contributed by atoms with E-state index >= 15 is 0 Å². The van der Waals surface area contributed by atoms with Gasteiger partial charge < -0.3 is 14.6 Å². The molecule has 0 fully saturated rings. The number of nitrogens with one attached hydrogen (secondary N) is 1. The summed E-state index contributed by atoms with van der Waals surface area (Å²) in [6.07, 6.45) is 1.43. The Morgan fingerprint density at radius 2 is 1.85 bits per heavy atom. The highest BCUT2D eigenvalue weighted by Crippen LogP contribution is 2.15. The molecule has 9 nitrogen and oxygen atoms in total. The Hall–Kier alpha value is -4.12. The first-order chi connectivity index (χ1) is 16.4. The minimum atomic E-state index is -0.977. The molecule has 34 heavy (non-hydrogen) atoms.